The monoisotopic (exact) mass is 469 g/mol. The van der Waals surface area contributed by atoms with Gasteiger partial charge in [0.25, 0.3) is 5.56 Å². The fourth-order valence-corrected chi connectivity index (χ4v) is 8.20. The van der Waals surface area contributed by atoms with Gasteiger partial charge in [-0.1, -0.05) is 25.6 Å². The van der Waals surface area contributed by atoms with Crippen LogP contribution in [-0.4, -0.2) is 58.6 Å². The van der Waals surface area contributed by atoms with Crippen molar-refractivity contribution in [1.82, 2.24) is 14.5 Å². The second-order valence-corrected chi connectivity index (χ2v) is 12.8. The molecule has 10 heteroatoms. The van der Waals surface area contributed by atoms with Gasteiger partial charge in [-0.05, 0) is 37.2 Å². The van der Waals surface area contributed by atoms with Crippen LogP contribution in [0.25, 0.3) is 10.2 Å². The third-order valence-electron chi connectivity index (χ3n) is 5.76. The van der Waals surface area contributed by atoms with Gasteiger partial charge in [0, 0.05) is 24.5 Å². The van der Waals surface area contributed by atoms with Crippen molar-refractivity contribution in [3.8, 4) is 0 Å². The standard InChI is InChI=1S/C20H27N3O4S3/c1-12(2)9-23(13-7-8-30(26,27)11-13)16(24)10-28-20-21-18-17(19(25)22(20)3)14-5-4-6-15(14)29-18/h12-13H,4-11H2,1-3H3/t13-/m0/s1. The van der Waals surface area contributed by atoms with Gasteiger partial charge in [0.05, 0.1) is 22.6 Å². The van der Waals surface area contributed by atoms with Crippen molar-refractivity contribution in [2.24, 2.45) is 13.0 Å². The van der Waals surface area contributed by atoms with Crippen LogP contribution in [-0.2, 0) is 34.5 Å². The molecule has 1 aliphatic heterocycles. The van der Waals surface area contributed by atoms with Crippen LogP contribution in [0.3, 0.4) is 0 Å². The Bertz CT molecular complexity index is 1150. The first-order valence-corrected chi connectivity index (χ1v) is 13.9. The number of rotatable bonds is 6. The third kappa shape index (κ3) is 4.18. The maximum absolute atomic E-state index is 13.0. The maximum atomic E-state index is 13.0. The van der Waals surface area contributed by atoms with Crippen LogP contribution >= 0.6 is 23.1 Å². The van der Waals surface area contributed by atoms with Crippen molar-refractivity contribution >= 4 is 49.1 Å². The smallest absolute Gasteiger partial charge is 0.262 e. The molecule has 0 radical (unpaired) electrons. The number of hydrogen-bond acceptors (Lipinski definition) is 7. The molecule has 7 nitrogen and oxygen atoms in total. The number of aryl methyl sites for hydroxylation is 2. The molecular formula is C20H27N3O4S3. The van der Waals surface area contributed by atoms with Crippen LogP contribution in [0.5, 0.6) is 0 Å². The average molecular weight is 470 g/mol. The molecule has 0 saturated carbocycles. The van der Waals surface area contributed by atoms with E-state index in [0.29, 0.717) is 18.1 Å². The van der Waals surface area contributed by atoms with E-state index in [-0.39, 0.29) is 40.7 Å². The number of fused-ring (bicyclic) bond motifs is 3. The van der Waals surface area contributed by atoms with Gasteiger partial charge in [-0.25, -0.2) is 13.4 Å². The third-order valence-corrected chi connectivity index (χ3v) is 9.71. The lowest BCUT2D eigenvalue weighted by Crippen LogP contribution is -2.44. The Labute approximate surface area is 184 Å². The topological polar surface area (TPSA) is 89.3 Å². The summed E-state index contributed by atoms with van der Waals surface area (Å²) >= 11 is 2.85. The summed E-state index contributed by atoms with van der Waals surface area (Å²) in [6.07, 6.45) is 3.53. The summed E-state index contributed by atoms with van der Waals surface area (Å²) in [5, 5.41) is 1.27. The lowest BCUT2D eigenvalue weighted by Gasteiger charge is -2.30. The van der Waals surface area contributed by atoms with Crippen molar-refractivity contribution in [2.45, 2.75) is 50.7 Å². The normalized spacial score (nSPS) is 20.2. The summed E-state index contributed by atoms with van der Waals surface area (Å²) in [5.74, 6) is 0.468. The fourth-order valence-electron chi connectivity index (χ4n) is 4.31. The van der Waals surface area contributed by atoms with Gasteiger partial charge < -0.3 is 4.90 Å². The Kier molecular flexibility index (Phi) is 6.02. The first-order chi connectivity index (χ1) is 14.2. The van der Waals surface area contributed by atoms with Crippen LogP contribution in [0.1, 0.15) is 37.1 Å². The number of thioether (sulfide) groups is 1. The molecule has 2 aliphatic rings. The number of aromatic nitrogens is 2. The number of amides is 1. The molecule has 1 saturated heterocycles. The summed E-state index contributed by atoms with van der Waals surface area (Å²) in [6.45, 7) is 4.57. The molecule has 0 unspecified atom stereocenters. The molecule has 0 N–H and O–H groups in total. The van der Waals surface area contributed by atoms with E-state index in [0.717, 1.165) is 35.0 Å². The highest BCUT2D eigenvalue weighted by molar-refractivity contribution is 7.99. The molecule has 1 fully saturated rings. The molecule has 0 spiro atoms. The van der Waals surface area contributed by atoms with Gasteiger partial charge in [0.15, 0.2) is 15.0 Å². The molecule has 0 aromatic carbocycles. The Balaban J connectivity index is 1.54. The Hall–Kier alpha value is -1.39. The van der Waals surface area contributed by atoms with Gasteiger partial charge in [-0.3, -0.25) is 14.2 Å². The summed E-state index contributed by atoms with van der Waals surface area (Å²) in [7, 11) is -1.37. The zero-order valence-electron chi connectivity index (χ0n) is 17.5. The molecule has 164 valence electrons. The zero-order valence-corrected chi connectivity index (χ0v) is 20.0. The average Bonchev–Trinajstić information content (AvgIpc) is 3.34. The molecule has 2 aromatic rings. The second kappa shape index (κ2) is 8.27. The number of sulfone groups is 1. The lowest BCUT2D eigenvalue weighted by atomic mass is 10.1. The van der Waals surface area contributed by atoms with E-state index >= 15 is 0 Å². The zero-order chi connectivity index (χ0) is 21.6. The highest BCUT2D eigenvalue weighted by atomic mass is 32.2. The molecule has 30 heavy (non-hydrogen) atoms. The molecule has 4 rings (SSSR count). The highest BCUT2D eigenvalue weighted by Crippen LogP contribution is 2.35. The second-order valence-electron chi connectivity index (χ2n) is 8.58. The van der Waals surface area contributed by atoms with E-state index in [1.54, 1.807) is 27.9 Å². The van der Waals surface area contributed by atoms with Crippen molar-refractivity contribution in [1.29, 1.82) is 0 Å². The van der Waals surface area contributed by atoms with Gasteiger partial charge >= 0.3 is 0 Å². The van der Waals surface area contributed by atoms with Crippen LogP contribution < -0.4 is 5.56 Å². The van der Waals surface area contributed by atoms with Gasteiger partial charge in [-0.15, -0.1) is 11.3 Å². The number of thiophene rings is 1. The number of carbonyl (C=O) groups is 1. The van der Waals surface area contributed by atoms with E-state index in [9.17, 15) is 18.0 Å². The van der Waals surface area contributed by atoms with E-state index in [4.69, 9.17) is 0 Å². The first kappa shape index (κ1) is 21.8. The largest absolute Gasteiger partial charge is 0.338 e. The van der Waals surface area contributed by atoms with Crippen LogP contribution in [0.15, 0.2) is 9.95 Å². The minimum Gasteiger partial charge on any atom is -0.338 e. The quantitative estimate of drug-likeness (QED) is 0.476. The molecule has 2 aromatic heterocycles. The molecule has 3 heterocycles. The van der Waals surface area contributed by atoms with Crippen LogP contribution in [0.4, 0.5) is 0 Å². The van der Waals surface area contributed by atoms with Gasteiger partial charge in [0.2, 0.25) is 5.91 Å². The molecule has 0 bridgehead atoms. The van der Waals surface area contributed by atoms with Crippen molar-refractivity contribution in [2.75, 3.05) is 23.8 Å². The minimum absolute atomic E-state index is 0.0412. The lowest BCUT2D eigenvalue weighted by molar-refractivity contribution is -0.130. The maximum Gasteiger partial charge on any atom is 0.262 e. The van der Waals surface area contributed by atoms with Crippen LogP contribution in [0, 0.1) is 5.92 Å². The van der Waals surface area contributed by atoms with E-state index in [1.165, 1.54) is 16.6 Å². The van der Waals surface area contributed by atoms with Crippen molar-refractivity contribution in [3.63, 3.8) is 0 Å². The number of hydrogen-bond donors (Lipinski definition) is 0. The summed E-state index contributed by atoms with van der Waals surface area (Å²) in [4.78, 5) is 34.4. The minimum atomic E-state index is -3.07. The molecule has 1 atom stereocenters. The Morgan fingerprint density at radius 3 is 2.80 bits per heavy atom. The molecule has 1 aliphatic carbocycles. The van der Waals surface area contributed by atoms with E-state index in [1.807, 2.05) is 13.8 Å². The van der Waals surface area contributed by atoms with Crippen molar-refractivity contribution < 1.29 is 13.2 Å². The summed E-state index contributed by atoms with van der Waals surface area (Å²) < 4.78 is 25.4. The summed E-state index contributed by atoms with van der Waals surface area (Å²) in [5.41, 5.74) is 1.11. The Morgan fingerprint density at radius 2 is 2.13 bits per heavy atom. The molecular weight excluding hydrogens is 442 g/mol. The fraction of sp³-hybridized carbons (Fsp3) is 0.650. The summed E-state index contributed by atoms with van der Waals surface area (Å²) in [6, 6.07) is -0.259. The predicted octanol–water partition coefficient (Wildman–Crippen LogP) is 2.25. The highest BCUT2D eigenvalue weighted by Gasteiger charge is 2.35. The SMILES string of the molecule is CC(C)CN(C(=O)CSc1nc2sc3c(c2c(=O)n1C)CCC3)[C@H]1CCS(=O)(=O)C1. The predicted molar refractivity (Wildman–Crippen MR) is 121 cm³/mol. The van der Waals surface area contributed by atoms with E-state index < -0.39 is 9.84 Å². The van der Waals surface area contributed by atoms with E-state index in [2.05, 4.69) is 4.98 Å². The number of nitrogens with zero attached hydrogens (tertiary/aromatic N) is 3. The van der Waals surface area contributed by atoms with Crippen molar-refractivity contribution in [3.05, 3.63) is 20.8 Å². The first-order valence-electron chi connectivity index (χ1n) is 10.3. The van der Waals surface area contributed by atoms with Crippen LogP contribution in [0.2, 0.25) is 0 Å². The molecule has 1 amide bonds. The number of carbonyl (C=O) groups excluding carboxylic acids is 1. The van der Waals surface area contributed by atoms with Gasteiger partial charge in [-0.2, -0.15) is 0 Å². The Morgan fingerprint density at radius 1 is 1.37 bits per heavy atom. The van der Waals surface area contributed by atoms with Gasteiger partial charge in [0.1, 0.15) is 4.83 Å².